The molecule has 0 spiro atoms. The van der Waals surface area contributed by atoms with Gasteiger partial charge in [-0.15, -0.1) is 0 Å². The van der Waals surface area contributed by atoms with Gasteiger partial charge < -0.3 is 18.3 Å². The van der Waals surface area contributed by atoms with Gasteiger partial charge in [-0.2, -0.15) is 0 Å². The number of piperidine rings is 1. The van der Waals surface area contributed by atoms with E-state index in [4.69, 9.17) is 0 Å². The molecule has 76 valence electrons. The van der Waals surface area contributed by atoms with Crippen molar-refractivity contribution < 1.29 is 73.1 Å². The van der Waals surface area contributed by atoms with Crippen LogP contribution in [0.15, 0.2) is 0 Å². The molecule has 0 amide bonds. The smallest absolute Gasteiger partial charge is 0.448 e. The summed E-state index contributed by atoms with van der Waals surface area (Å²) in [6.45, 7) is -5.81. The second-order valence-electron chi connectivity index (χ2n) is 3.76. The number of rotatable bonds is 1. The van der Waals surface area contributed by atoms with E-state index in [0.29, 0.717) is 0 Å². The van der Waals surface area contributed by atoms with Gasteiger partial charge in [0.1, 0.15) is 0 Å². The molecule has 14 heavy (non-hydrogen) atoms. The van der Waals surface area contributed by atoms with Gasteiger partial charge in [-0.25, -0.2) is 8.78 Å². The van der Waals surface area contributed by atoms with Crippen LogP contribution in [0.5, 0.6) is 0 Å². The van der Waals surface area contributed by atoms with E-state index < -0.39 is 30.7 Å². The molecule has 1 aliphatic heterocycles. The minimum absolute atomic E-state index is 0. The molecule has 2 atom stereocenters. The van der Waals surface area contributed by atoms with E-state index in [1.54, 1.807) is 0 Å². The number of alkyl halides is 2. The van der Waals surface area contributed by atoms with Crippen LogP contribution in [0.1, 0.15) is 6.42 Å². The zero-order valence-corrected chi connectivity index (χ0v) is 10.8. The van der Waals surface area contributed by atoms with Crippen molar-refractivity contribution in [1.29, 1.82) is 0 Å². The van der Waals surface area contributed by atoms with Gasteiger partial charge in [0.25, 0.3) is 0 Å². The fraction of sp³-hybridized carbons (Fsp3) is 1.00. The Morgan fingerprint density at radius 2 is 1.79 bits per heavy atom. The summed E-state index contributed by atoms with van der Waals surface area (Å²) in [6.07, 6.45) is -0.0751. The fourth-order valence-electron chi connectivity index (χ4n) is 2.34. The number of nitrogens with one attached hydrogen (secondary N) is 1. The summed E-state index contributed by atoms with van der Waals surface area (Å²) in [7, 11) is 0. The van der Waals surface area contributed by atoms with Crippen LogP contribution < -0.4 is 56.7 Å². The predicted molar refractivity (Wildman–Crippen MR) is 37.7 cm³/mol. The molecule has 0 radical (unpaired) electrons. The van der Waals surface area contributed by atoms with Gasteiger partial charge in [-0.3, -0.25) is 0 Å². The SMILES string of the molecule is F[B-](F)(F)C12CNCCC1C2(F)F.[K+]. The van der Waals surface area contributed by atoms with Gasteiger partial charge in [-0.05, 0) is 19.5 Å². The average molecular weight is 239 g/mol. The molecule has 2 rings (SSSR count). The first-order valence-electron chi connectivity index (χ1n) is 4.12. The van der Waals surface area contributed by atoms with Crippen molar-refractivity contribution in [3.8, 4) is 0 Å². The Labute approximate surface area is 121 Å². The van der Waals surface area contributed by atoms with Crippen LogP contribution in [-0.2, 0) is 0 Å². The minimum Gasteiger partial charge on any atom is -0.448 e. The molecule has 1 nitrogen and oxygen atoms in total. The van der Waals surface area contributed by atoms with E-state index in [0.717, 1.165) is 0 Å². The molecule has 0 aromatic heterocycles. The Bertz CT molecular complexity index is 245. The first-order valence-corrected chi connectivity index (χ1v) is 4.12. The van der Waals surface area contributed by atoms with Crippen LogP contribution in [0.2, 0.25) is 5.31 Å². The Morgan fingerprint density at radius 1 is 1.21 bits per heavy atom. The minimum atomic E-state index is -5.45. The van der Waals surface area contributed by atoms with Crippen molar-refractivity contribution >= 4 is 6.98 Å². The van der Waals surface area contributed by atoms with Crippen LogP contribution in [0.4, 0.5) is 21.7 Å². The second-order valence-corrected chi connectivity index (χ2v) is 3.76. The zero-order valence-electron chi connectivity index (χ0n) is 7.67. The molecule has 2 unspecified atom stereocenters. The molecular formula is C6H8BF5KN. The monoisotopic (exact) mass is 239 g/mol. The molecule has 8 heteroatoms. The quantitative estimate of drug-likeness (QED) is 0.449. The maximum Gasteiger partial charge on any atom is 1.00 e. The van der Waals surface area contributed by atoms with Crippen molar-refractivity contribution in [1.82, 2.24) is 5.32 Å². The van der Waals surface area contributed by atoms with Crippen LogP contribution >= 0.6 is 0 Å². The molecule has 1 heterocycles. The van der Waals surface area contributed by atoms with Gasteiger partial charge >= 0.3 is 58.4 Å². The maximum absolute atomic E-state index is 12.9. The van der Waals surface area contributed by atoms with E-state index in [9.17, 15) is 21.7 Å². The normalized spacial score (nSPS) is 39.6. The first-order chi connectivity index (χ1) is 5.84. The van der Waals surface area contributed by atoms with E-state index in [2.05, 4.69) is 5.32 Å². The summed E-state index contributed by atoms with van der Waals surface area (Å²) in [4.78, 5) is 0. The van der Waals surface area contributed by atoms with Gasteiger partial charge in [0.2, 0.25) is 5.92 Å². The zero-order chi connectivity index (χ0) is 9.91. The van der Waals surface area contributed by atoms with E-state index in [-0.39, 0.29) is 64.4 Å². The van der Waals surface area contributed by atoms with Gasteiger partial charge in [0, 0.05) is 11.2 Å². The third-order valence-corrected chi connectivity index (χ3v) is 3.21. The summed E-state index contributed by atoms with van der Waals surface area (Å²) in [5, 5.41) is -0.308. The Hall–Kier alpha value is 1.31. The Balaban J connectivity index is 0.000000980. The largest absolute Gasteiger partial charge is 1.00 e. The molecule has 1 saturated heterocycles. The van der Waals surface area contributed by atoms with Gasteiger partial charge in [0.15, 0.2) is 0 Å². The molecular weight excluding hydrogens is 231 g/mol. The summed E-state index contributed by atoms with van der Waals surface area (Å²) >= 11 is 0. The third kappa shape index (κ3) is 1.45. The molecule has 2 fully saturated rings. The van der Waals surface area contributed by atoms with Crippen molar-refractivity contribution in [3.63, 3.8) is 0 Å². The molecule has 0 aromatic rings. The van der Waals surface area contributed by atoms with Crippen molar-refractivity contribution in [2.75, 3.05) is 13.1 Å². The van der Waals surface area contributed by atoms with Crippen molar-refractivity contribution in [3.05, 3.63) is 0 Å². The van der Waals surface area contributed by atoms with Gasteiger partial charge in [0.05, 0.1) is 0 Å². The molecule has 0 bridgehead atoms. The topological polar surface area (TPSA) is 12.0 Å². The van der Waals surface area contributed by atoms with Crippen LogP contribution in [0, 0.1) is 5.92 Å². The summed E-state index contributed by atoms with van der Waals surface area (Å²) < 4.78 is 63.0. The third-order valence-electron chi connectivity index (χ3n) is 3.21. The van der Waals surface area contributed by atoms with Crippen LogP contribution in [-0.4, -0.2) is 26.0 Å². The van der Waals surface area contributed by atoms with Crippen molar-refractivity contribution in [2.45, 2.75) is 17.7 Å². The first kappa shape index (κ1) is 13.4. The maximum atomic E-state index is 12.9. The number of halogens is 5. The average Bonchev–Trinajstić information content (AvgIpc) is 2.51. The summed E-state index contributed by atoms with van der Waals surface area (Å²) in [5.74, 6) is -5.00. The van der Waals surface area contributed by atoms with E-state index >= 15 is 0 Å². The summed E-state index contributed by atoms with van der Waals surface area (Å²) in [6, 6.07) is 0. The molecule has 1 N–H and O–H groups in total. The molecule has 1 aliphatic carbocycles. The molecule has 0 aromatic carbocycles. The summed E-state index contributed by atoms with van der Waals surface area (Å²) in [5.41, 5.74) is 0. The predicted octanol–water partition coefficient (Wildman–Crippen LogP) is -1.16. The van der Waals surface area contributed by atoms with Gasteiger partial charge in [-0.1, -0.05) is 0 Å². The number of hydrogen-bond acceptors (Lipinski definition) is 1. The fourth-order valence-corrected chi connectivity index (χ4v) is 2.34. The Kier molecular flexibility index (Phi) is 3.50. The Morgan fingerprint density at radius 3 is 2.14 bits per heavy atom. The van der Waals surface area contributed by atoms with Crippen LogP contribution in [0.3, 0.4) is 0 Å². The number of hydrogen-bond donors (Lipinski definition) is 1. The van der Waals surface area contributed by atoms with E-state index in [1.807, 2.05) is 0 Å². The van der Waals surface area contributed by atoms with E-state index in [1.165, 1.54) is 0 Å². The molecule has 2 aliphatic rings. The second kappa shape index (κ2) is 3.66. The standard InChI is InChI=1S/C6H8BF5N.K/c8-6(9)4-1-2-13-3-5(4,6)7(10,11)12;/h4,13H,1-3H2;/q-1;+1. The van der Waals surface area contributed by atoms with Crippen molar-refractivity contribution in [2.24, 2.45) is 5.92 Å². The molecule has 1 saturated carbocycles. The number of fused-ring (bicyclic) bond motifs is 1. The van der Waals surface area contributed by atoms with Crippen LogP contribution in [0.25, 0.3) is 0 Å².